The molecule has 0 heterocycles. The summed E-state index contributed by atoms with van der Waals surface area (Å²) < 4.78 is 25.9. The monoisotopic (exact) mass is 408 g/mol. The Bertz CT molecular complexity index is 855. The zero-order valence-corrected chi connectivity index (χ0v) is 15.4. The lowest BCUT2D eigenvalue weighted by Crippen LogP contribution is -2.13. The molecule has 9 heteroatoms. The minimum atomic E-state index is -3.84. The van der Waals surface area contributed by atoms with Crippen molar-refractivity contribution in [2.75, 3.05) is 4.72 Å². The molecule has 0 saturated carbocycles. The van der Waals surface area contributed by atoms with Crippen LogP contribution < -0.4 is 9.86 Å². The molecule has 0 aliphatic heterocycles. The molecule has 0 radical (unpaired) electrons. The van der Waals surface area contributed by atoms with E-state index in [1.807, 2.05) is 0 Å². The van der Waals surface area contributed by atoms with Crippen LogP contribution in [0.4, 0.5) is 5.69 Å². The predicted octanol–water partition coefficient (Wildman–Crippen LogP) is 5.03. The van der Waals surface area contributed by atoms with E-state index < -0.39 is 10.0 Å². The van der Waals surface area contributed by atoms with Gasteiger partial charge in [-0.15, -0.1) is 0 Å². The third kappa shape index (κ3) is 5.31. The molecule has 0 aliphatic rings. The Hall–Kier alpha value is -0.890. The van der Waals surface area contributed by atoms with E-state index in [0.29, 0.717) is 20.8 Å². The lowest BCUT2D eigenvalue weighted by molar-refractivity contribution is 0.598. The number of hydrogen-bond acceptors (Lipinski definition) is 4. The Kier molecular flexibility index (Phi) is 6.25. The van der Waals surface area contributed by atoms with Crippen molar-refractivity contribution in [3.63, 3.8) is 0 Å². The van der Waals surface area contributed by atoms with Gasteiger partial charge in [0, 0.05) is 5.02 Å². The van der Waals surface area contributed by atoms with E-state index in [0.717, 1.165) is 17.5 Å². The number of halogens is 3. The van der Waals surface area contributed by atoms with Crippen LogP contribution in [0.25, 0.3) is 6.08 Å². The molecule has 122 valence electrons. The van der Waals surface area contributed by atoms with Crippen LogP contribution in [0.3, 0.4) is 0 Å². The lowest BCUT2D eigenvalue weighted by atomic mass is 10.2. The summed E-state index contributed by atoms with van der Waals surface area (Å²) in [6.07, 6.45) is 1.79. The number of anilines is 1. The van der Waals surface area contributed by atoms with Crippen molar-refractivity contribution in [1.29, 1.82) is 0 Å². The first-order chi connectivity index (χ1) is 10.8. The second-order valence-electron chi connectivity index (χ2n) is 4.38. The normalized spacial score (nSPS) is 11.8. The van der Waals surface area contributed by atoms with E-state index in [1.165, 1.54) is 18.2 Å². The molecule has 0 aliphatic carbocycles. The Morgan fingerprint density at radius 2 is 1.78 bits per heavy atom. The molecule has 0 spiro atoms. The first kappa shape index (κ1) is 18.4. The van der Waals surface area contributed by atoms with E-state index in [1.54, 1.807) is 29.7 Å². The van der Waals surface area contributed by atoms with Crippen molar-refractivity contribution in [3.05, 3.63) is 62.4 Å². The van der Waals surface area contributed by atoms with Crippen LogP contribution in [0.2, 0.25) is 15.1 Å². The van der Waals surface area contributed by atoms with Gasteiger partial charge in [-0.2, -0.15) is 0 Å². The molecule has 0 unspecified atom stereocenters. The van der Waals surface area contributed by atoms with Gasteiger partial charge in [0.2, 0.25) is 10.0 Å². The standard InChI is InChI=1S/C14H11Cl3N2O2S2/c15-10-2-4-14(23(18,20)21)13(8-10)19-22-6-5-9-1-3-11(16)12(17)7-9/h1-8,19H,(H2,18,20,21)/b6-5+. The zero-order valence-electron chi connectivity index (χ0n) is 11.5. The molecular formula is C14H11Cl3N2O2S2. The number of nitrogens with one attached hydrogen (secondary N) is 1. The van der Waals surface area contributed by atoms with Gasteiger partial charge < -0.3 is 4.72 Å². The average Bonchev–Trinajstić information content (AvgIpc) is 2.46. The van der Waals surface area contributed by atoms with Crippen molar-refractivity contribution in [2.24, 2.45) is 5.14 Å². The molecular weight excluding hydrogens is 399 g/mol. The molecule has 23 heavy (non-hydrogen) atoms. The van der Waals surface area contributed by atoms with E-state index in [4.69, 9.17) is 39.9 Å². The summed E-state index contributed by atoms with van der Waals surface area (Å²) in [5.74, 6) is 0. The topological polar surface area (TPSA) is 72.2 Å². The molecule has 0 aromatic heterocycles. The first-order valence-corrected chi connectivity index (χ1v) is 9.69. The highest BCUT2D eigenvalue weighted by atomic mass is 35.5. The highest BCUT2D eigenvalue weighted by molar-refractivity contribution is 8.03. The van der Waals surface area contributed by atoms with Crippen LogP contribution in [-0.2, 0) is 10.0 Å². The van der Waals surface area contributed by atoms with Gasteiger partial charge in [-0.25, -0.2) is 13.6 Å². The molecule has 0 atom stereocenters. The number of nitrogens with two attached hydrogens (primary N) is 1. The fourth-order valence-electron chi connectivity index (χ4n) is 1.66. The molecule has 0 bridgehead atoms. The summed E-state index contributed by atoms with van der Waals surface area (Å²) in [6, 6.07) is 9.52. The van der Waals surface area contributed by atoms with Crippen LogP contribution >= 0.6 is 46.8 Å². The van der Waals surface area contributed by atoms with Gasteiger partial charge in [0.15, 0.2) is 0 Å². The summed E-state index contributed by atoms with van der Waals surface area (Å²) in [7, 11) is -3.84. The SMILES string of the molecule is NS(=O)(=O)c1ccc(Cl)cc1NS/C=C/c1ccc(Cl)c(Cl)c1. The van der Waals surface area contributed by atoms with Gasteiger partial charge >= 0.3 is 0 Å². The number of benzene rings is 2. The Balaban J connectivity index is 2.10. The van der Waals surface area contributed by atoms with Gasteiger partial charge in [-0.3, -0.25) is 0 Å². The molecule has 0 saturated heterocycles. The van der Waals surface area contributed by atoms with Crippen LogP contribution in [0.15, 0.2) is 46.7 Å². The van der Waals surface area contributed by atoms with Crippen molar-refractivity contribution < 1.29 is 8.42 Å². The van der Waals surface area contributed by atoms with E-state index in [9.17, 15) is 8.42 Å². The van der Waals surface area contributed by atoms with Gasteiger partial charge in [-0.1, -0.05) is 40.9 Å². The van der Waals surface area contributed by atoms with Crippen molar-refractivity contribution in [3.8, 4) is 0 Å². The molecule has 0 amide bonds. The highest BCUT2D eigenvalue weighted by Crippen LogP contribution is 2.27. The predicted molar refractivity (Wildman–Crippen MR) is 99.5 cm³/mol. The van der Waals surface area contributed by atoms with Crippen molar-refractivity contribution in [1.82, 2.24) is 0 Å². The lowest BCUT2D eigenvalue weighted by Gasteiger charge is -2.08. The smallest absolute Gasteiger partial charge is 0.240 e. The molecule has 2 rings (SSSR count). The maximum Gasteiger partial charge on any atom is 0.240 e. The molecule has 2 aromatic carbocycles. The zero-order chi connectivity index (χ0) is 17.0. The third-order valence-corrected chi connectivity index (χ3v) is 5.24. The van der Waals surface area contributed by atoms with Crippen LogP contribution in [0, 0.1) is 0 Å². The quantitative estimate of drug-likeness (QED) is 0.680. The summed E-state index contributed by atoms with van der Waals surface area (Å²) in [4.78, 5) is -0.0302. The summed E-state index contributed by atoms with van der Waals surface area (Å²) >= 11 is 18.8. The van der Waals surface area contributed by atoms with Crippen molar-refractivity contribution >= 4 is 68.5 Å². The third-order valence-electron chi connectivity index (χ3n) is 2.69. The van der Waals surface area contributed by atoms with Crippen LogP contribution in [0.1, 0.15) is 5.56 Å². The van der Waals surface area contributed by atoms with E-state index in [-0.39, 0.29) is 4.90 Å². The number of primary sulfonamides is 1. The molecule has 3 N–H and O–H groups in total. The first-order valence-electron chi connectivity index (χ1n) is 6.13. The van der Waals surface area contributed by atoms with Crippen molar-refractivity contribution in [2.45, 2.75) is 4.90 Å². The Morgan fingerprint density at radius 1 is 1.04 bits per heavy atom. The Labute approximate surface area is 153 Å². The fraction of sp³-hybridized carbons (Fsp3) is 0. The molecule has 4 nitrogen and oxygen atoms in total. The minimum Gasteiger partial charge on any atom is -0.325 e. The largest absolute Gasteiger partial charge is 0.325 e. The second-order valence-corrected chi connectivity index (χ2v) is 7.87. The van der Waals surface area contributed by atoms with Gasteiger partial charge in [-0.05, 0) is 59.3 Å². The second kappa shape index (κ2) is 7.79. The van der Waals surface area contributed by atoms with Gasteiger partial charge in [0.25, 0.3) is 0 Å². The fourth-order valence-corrected chi connectivity index (χ4v) is 3.46. The molecule has 0 fully saturated rings. The van der Waals surface area contributed by atoms with E-state index >= 15 is 0 Å². The Morgan fingerprint density at radius 3 is 2.43 bits per heavy atom. The molecule has 2 aromatic rings. The maximum absolute atomic E-state index is 11.5. The van der Waals surface area contributed by atoms with Gasteiger partial charge in [0.1, 0.15) is 4.90 Å². The van der Waals surface area contributed by atoms with Crippen LogP contribution in [-0.4, -0.2) is 8.42 Å². The highest BCUT2D eigenvalue weighted by Gasteiger charge is 2.13. The number of sulfonamides is 1. The van der Waals surface area contributed by atoms with E-state index in [2.05, 4.69) is 4.72 Å². The van der Waals surface area contributed by atoms with Crippen LogP contribution in [0.5, 0.6) is 0 Å². The summed E-state index contributed by atoms with van der Waals surface area (Å²) in [6.45, 7) is 0. The number of rotatable bonds is 5. The summed E-state index contributed by atoms with van der Waals surface area (Å²) in [5, 5.41) is 8.23. The van der Waals surface area contributed by atoms with Gasteiger partial charge in [0.05, 0.1) is 15.7 Å². The summed E-state index contributed by atoms with van der Waals surface area (Å²) in [5.41, 5.74) is 1.16. The average molecular weight is 410 g/mol. The maximum atomic E-state index is 11.5. The minimum absolute atomic E-state index is 0.0302. The number of hydrogen-bond donors (Lipinski definition) is 2.